The number of benzene rings is 3. The standard InChI is InChI=1S/C37H45N7O6/c1-22-18-44(23(2)21-45)34(46)17-28-16-29(39-37(48)41-35-24(3)42-50-25(35)4)14-15-32(28)49-33(22)20-43(5)19-26-10-12-27(13-11-26)36(47)40-31-9-7-6-8-30(31)38/h6-16,22-23,33,45H,17-21,38H2,1-5H3,(H,40,47)(H2,39,41,48)/t22-,23-,33+/m0/s1. The summed E-state index contributed by atoms with van der Waals surface area (Å²) in [6.45, 7) is 8.65. The number of nitrogens with two attached hydrogens (primary N) is 1. The molecule has 0 saturated carbocycles. The van der Waals surface area contributed by atoms with Gasteiger partial charge < -0.3 is 41.0 Å². The monoisotopic (exact) mass is 683 g/mol. The zero-order chi connectivity index (χ0) is 35.9. The fourth-order valence-corrected chi connectivity index (χ4v) is 5.91. The second-order valence-electron chi connectivity index (χ2n) is 12.9. The molecule has 13 heteroatoms. The Morgan fingerprint density at radius 1 is 1.08 bits per heavy atom. The summed E-state index contributed by atoms with van der Waals surface area (Å²) in [4.78, 5) is 43.1. The van der Waals surface area contributed by atoms with E-state index in [4.69, 9.17) is 15.0 Å². The second kappa shape index (κ2) is 15.9. The molecule has 5 rings (SSSR count). The molecular formula is C37H45N7O6. The van der Waals surface area contributed by atoms with Gasteiger partial charge in [0.2, 0.25) is 5.91 Å². The summed E-state index contributed by atoms with van der Waals surface area (Å²) >= 11 is 0. The fraction of sp³-hybridized carbons (Fsp3) is 0.351. The third-order valence-corrected chi connectivity index (χ3v) is 8.82. The predicted molar refractivity (Wildman–Crippen MR) is 192 cm³/mol. The summed E-state index contributed by atoms with van der Waals surface area (Å²) in [6, 6.07) is 18.9. The number of aromatic nitrogens is 1. The number of urea groups is 1. The maximum absolute atomic E-state index is 13.6. The highest BCUT2D eigenvalue weighted by Crippen LogP contribution is 2.30. The van der Waals surface area contributed by atoms with Crippen molar-refractivity contribution in [1.29, 1.82) is 0 Å². The van der Waals surface area contributed by atoms with Crippen molar-refractivity contribution in [2.75, 3.05) is 48.4 Å². The quantitative estimate of drug-likeness (QED) is 0.143. The number of para-hydroxylation sites is 2. The number of hydrogen-bond acceptors (Lipinski definition) is 9. The van der Waals surface area contributed by atoms with Gasteiger partial charge in [-0.1, -0.05) is 36.3 Å². The van der Waals surface area contributed by atoms with Crippen LogP contribution < -0.4 is 26.4 Å². The van der Waals surface area contributed by atoms with E-state index in [9.17, 15) is 19.5 Å². The Balaban J connectivity index is 1.30. The normalized spacial score (nSPS) is 16.8. The minimum absolute atomic E-state index is 0.0345. The van der Waals surface area contributed by atoms with Crippen molar-refractivity contribution in [3.8, 4) is 5.75 Å². The van der Waals surface area contributed by atoms with E-state index in [1.54, 1.807) is 61.2 Å². The zero-order valence-electron chi connectivity index (χ0n) is 29.0. The number of amides is 4. The maximum atomic E-state index is 13.6. The molecule has 1 aliphatic heterocycles. The molecule has 6 N–H and O–H groups in total. The summed E-state index contributed by atoms with van der Waals surface area (Å²) in [7, 11) is 1.99. The molecule has 50 heavy (non-hydrogen) atoms. The maximum Gasteiger partial charge on any atom is 0.323 e. The first kappa shape index (κ1) is 35.9. The molecule has 1 aliphatic rings. The third kappa shape index (κ3) is 8.79. The van der Waals surface area contributed by atoms with Gasteiger partial charge in [-0.15, -0.1) is 0 Å². The van der Waals surface area contributed by atoms with E-state index < -0.39 is 6.03 Å². The summed E-state index contributed by atoms with van der Waals surface area (Å²) < 4.78 is 11.8. The number of hydrogen-bond donors (Lipinski definition) is 5. The van der Waals surface area contributed by atoms with E-state index in [0.29, 0.717) is 70.7 Å². The SMILES string of the molecule is Cc1noc(C)c1NC(=O)Nc1ccc2c(c1)CC(=O)N([C@@H](C)CO)C[C@H](C)[C@@H](CN(C)Cc1ccc(C(=O)Nc3ccccc3N)cc1)O2. The number of nitrogens with zero attached hydrogens (tertiary/aromatic N) is 3. The Kier molecular flexibility index (Phi) is 11.4. The molecule has 13 nitrogen and oxygen atoms in total. The highest BCUT2D eigenvalue weighted by atomic mass is 16.5. The van der Waals surface area contributed by atoms with E-state index in [2.05, 4.69) is 26.0 Å². The molecule has 0 bridgehead atoms. The predicted octanol–water partition coefficient (Wildman–Crippen LogP) is 5.05. The van der Waals surface area contributed by atoms with Crippen molar-refractivity contribution in [1.82, 2.24) is 15.0 Å². The topological polar surface area (TPSA) is 175 Å². The van der Waals surface area contributed by atoms with Crippen molar-refractivity contribution < 1.29 is 28.8 Å². The number of carbonyl (C=O) groups excluding carboxylic acids is 3. The zero-order valence-corrected chi connectivity index (χ0v) is 29.0. The average molecular weight is 684 g/mol. The van der Waals surface area contributed by atoms with Gasteiger partial charge in [0.05, 0.1) is 30.4 Å². The highest BCUT2D eigenvalue weighted by Gasteiger charge is 2.31. The van der Waals surface area contributed by atoms with Gasteiger partial charge in [0.25, 0.3) is 5.91 Å². The number of aryl methyl sites for hydroxylation is 2. The van der Waals surface area contributed by atoms with Crippen LogP contribution in [0.5, 0.6) is 5.75 Å². The summed E-state index contributed by atoms with van der Waals surface area (Å²) in [5, 5.41) is 22.3. The van der Waals surface area contributed by atoms with Crippen molar-refractivity contribution >= 4 is 40.6 Å². The number of anilines is 4. The van der Waals surface area contributed by atoms with Crippen LogP contribution in [0.15, 0.2) is 71.3 Å². The number of ether oxygens (including phenoxy) is 1. The first-order valence-electron chi connectivity index (χ1n) is 16.6. The number of carbonyl (C=O) groups is 3. The molecule has 4 amide bonds. The summed E-state index contributed by atoms with van der Waals surface area (Å²) in [5.41, 5.74) is 10.7. The molecule has 0 unspecified atom stereocenters. The molecule has 2 heterocycles. The largest absolute Gasteiger partial charge is 0.488 e. The van der Waals surface area contributed by atoms with Crippen molar-refractivity contribution in [3.63, 3.8) is 0 Å². The van der Waals surface area contributed by atoms with Crippen LogP contribution in [0.25, 0.3) is 0 Å². The first-order chi connectivity index (χ1) is 23.9. The summed E-state index contributed by atoms with van der Waals surface area (Å²) in [6.07, 6.45) is -0.284. The van der Waals surface area contributed by atoms with Gasteiger partial charge in [-0.2, -0.15) is 0 Å². The van der Waals surface area contributed by atoms with Crippen LogP contribution in [0.1, 0.15) is 46.8 Å². The Labute approximate surface area is 291 Å². The molecule has 3 aromatic carbocycles. The number of fused-ring (bicyclic) bond motifs is 1. The number of aliphatic hydroxyl groups excluding tert-OH is 1. The lowest BCUT2D eigenvalue weighted by Gasteiger charge is -2.34. The van der Waals surface area contributed by atoms with Crippen molar-refractivity contribution in [2.45, 2.75) is 52.8 Å². The van der Waals surface area contributed by atoms with Crippen LogP contribution in [0, 0.1) is 19.8 Å². The molecule has 3 atom stereocenters. The van der Waals surface area contributed by atoms with E-state index in [1.165, 1.54) is 0 Å². The van der Waals surface area contributed by atoms with Gasteiger partial charge in [-0.05, 0) is 75.8 Å². The highest BCUT2D eigenvalue weighted by molar-refractivity contribution is 6.05. The number of rotatable bonds is 10. The van der Waals surface area contributed by atoms with Gasteiger partial charge in [-0.3, -0.25) is 14.5 Å². The molecule has 0 aliphatic carbocycles. The number of nitrogens with one attached hydrogen (secondary N) is 3. The number of likely N-dealkylation sites (N-methyl/N-ethyl adjacent to an activating group) is 1. The Bertz CT molecular complexity index is 1810. The Morgan fingerprint density at radius 2 is 1.82 bits per heavy atom. The molecular weight excluding hydrogens is 638 g/mol. The molecule has 4 aromatic rings. The van der Waals surface area contributed by atoms with Crippen LogP contribution in [0.2, 0.25) is 0 Å². The molecule has 1 aromatic heterocycles. The minimum Gasteiger partial charge on any atom is -0.488 e. The lowest BCUT2D eigenvalue weighted by Crippen LogP contribution is -2.47. The molecule has 0 saturated heterocycles. The Hall–Kier alpha value is -5.40. The van der Waals surface area contributed by atoms with Crippen LogP contribution >= 0.6 is 0 Å². The molecule has 0 fully saturated rings. The smallest absolute Gasteiger partial charge is 0.323 e. The van der Waals surface area contributed by atoms with Crippen LogP contribution in [-0.2, 0) is 17.8 Å². The molecule has 0 radical (unpaired) electrons. The van der Waals surface area contributed by atoms with Crippen LogP contribution in [0.3, 0.4) is 0 Å². The van der Waals surface area contributed by atoms with Crippen LogP contribution in [0.4, 0.5) is 27.5 Å². The van der Waals surface area contributed by atoms with Crippen molar-refractivity contribution in [2.24, 2.45) is 5.92 Å². The molecule has 264 valence electrons. The van der Waals surface area contributed by atoms with E-state index in [1.807, 2.05) is 45.2 Å². The second-order valence-corrected chi connectivity index (χ2v) is 12.9. The van der Waals surface area contributed by atoms with Gasteiger partial charge in [0.15, 0.2) is 5.76 Å². The lowest BCUT2D eigenvalue weighted by molar-refractivity contribution is -0.134. The number of nitrogen functional groups attached to an aromatic ring is 1. The fourth-order valence-electron chi connectivity index (χ4n) is 5.91. The Morgan fingerprint density at radius 3 is 2.50 bits per heavy atom. The molecule has 0 spiro atoms. The minimum atomic E-state index is -0.479. The van der Waals surface area contributed by atoms with E-state index in [-0.39, 0.29) is 42.9 Å². The van der Waals surface area contributed by atoms with Gasteiger partial charge in [0.1, 0.15) is 23.2 Å². The lowest BCUT2D eigenvalue weighted by atomic mass is 10.0. The van der Waals surface area contributed by atoms with Crippen LogP contribution in [-0.4, -0.2) is 76.8 Å². The van der Waals surface area contributed by atoms with E-state index >= 15 is 0 Å². The third-order valence-electron chi connectivity index (χ3n) is 8.82. The number of aliphatic hydroxyl groups is 1. The van der Waals surface area contributed by atoms with Crippen molar-refractivity contribution in [3.05, 3.63) is 94.9 Å². The van der Waals surface area contributed by atoms with Gasteiger partial charge in [0, 0.05) is 42.4 Å². The summed E-state index contributed by atoms with van der Waals surface area (Å²) in [5.74, 6) is 0.562. The van der Waals surface area contributed by atoms with Gasteiger partial charge in [-0.25, -0.2) is 4.79 Å². The van der Waals surface area contributed by atoms with E-state index in [0.717, 1.165) is 5.56 Å². The average Bonchev–Trinajstić information content (AvgIpc) is 3.42. The first-order valence-corrected chi connectivity index (χ1v) is 16.6. The van der Waals surface area contributed by atoms with Gasteiger partial charge >= 0.3 is 6.03 Å².